The van der Waals surface area contributed by atoms with Crippen molar-refractivity contribution < 1.29 is 14.0 Å². The van der Waals surface area contributed by atoms with Gasteiger partial charge in [0, 0.05) is 27.8 Å². The molecule has 2 heterocycles. The summed E-state index contributed by atoms with van der Waals surface area (Å²) in [6, 6.07) is 25.2. The number of nitrogens with zero attached hydrogens (tertiary/aromatic N) is 4. The van der Waals surface area contributed by atoms with Crippen LogP contribution in [-0.4, -0.2) is 32.2 Å². The van der Waals surface area contributed by atoms with Gasteiger partial charge in [0.2, 0.25) is 0 Å². The molecule has 0 aliphatic carbocycles. The van der Waals surface area contributed by atoms with Crippen LogP contribution in [-0.2, 0) is 16.1 Å². The molecule has 0 spiro atoms. The van der Waals surface area contributed by atoms with E-state index in [-0.39, 0.29) is 17.7 Å². The second-order valence-electron chi connectivity index (χ2n) is 9.16. The first-order valence-corrected chi connectivity index (χ1v) is 13.7. The Morgan fingerprint density at radius 1 is 0.975 bits per heavy atom. The Balaban J connectivity index is 1.62. The number of imide groups is 1. The maximum absolute atomic E-state index is 13.7. The van der Waals surface area contributed by atoms with Gasteiger partial charge in [-0.3, -0.25) is 14.5 Å². The summed E-state index contributed by atoms with van der Waals surface area (Å²) in [5, 5.41) is 14.7. The quantitative estimate of drug-likeness (QED) is 0.148. The molecule has 8 heteroatoms. The molecule has 0 unspecified atom stereocenters. The smallest absolute Gasteiger partial charge is 0.269 e. The van der Waals surface area contributed by atoms with E-state index in [1.54, 1.807) is 29.4 Å². The third-order valence-corrected chi connectivity index (χ3v) is 7.48. The van der Waals surface area contributed by atoms with Crippen molar-refractivity contribution in [3.63, 3.8) is 0 Å². The van der Waals surface area contributed by atoms with Gasteiger partial charge in [0.25, 0.3) is 11.8 Å². The molecule has 0 atom stereocenters. The minimum atomic E-state index is -0.671. The summed E-state index contributed by atoms with van der Waals surface area (Å²) in [6.07, 6.45) is 3.52. The van der Waals surface area contributed by atoms with Crippen LogP contribution < -0.4 is 0 Å². The standard InChI is InChI=1S/C32H25FN4O2S/c1-3-40-27-15-11-23(12-16-27)30-24(20-37(35-30)26-7-5-4-6-8-26)17-28-21(2)29(18-34)32(39)36(31(28)38)19-22-9-13-25(33)14-10-22/h4-17,20H,3,19H2,1-2H3/b28-17+. The molecule has 198 valence electrons. The van der Waals surface area contributed by atoms with E-state index in [1.165, 1.54) is 24.3 Å². The zero-order chi connectivity index (χ0) is 28.2. The first kappa shape index (κ1) is 26.9. The predicted molar refractivity (Wildman–Crippen MR) is 154 cm³/mol. The summed E-state index contributed by atoms with van der Waals surface area (Å²) in [7, 11) is 0. The van der Waals surface area contributed by atoms with Gasteiger partial charge in [-0.1, -0.05) is 49.4 Å². The number of rotatable bonds is 7. The van der Waals surface area contributed by atoms with Crippen LogP contribution in [0.5, 0.6) is 0 Å². The molecule has 5 rings (SSSR count). The second kappa shape index (κ2) is 11.6. The summed E-state index contributed by atoms with van der Waals surface area (Å²) >= 11 is 1.74. The van der Waals surface area contributed by atoms with Crippen molar-refractivity contribution in [2.24, 2.45) is 0 Å². The van der Waals surface area contributed by atoms with Crippen LogP contribution in [0.3, 0.4) is 0 Å². The molecular weight excluding hydrogens is 523 g/mol. The van der Waals surface area contributed by atoms with E-state index < -0.39 is 17.6 Å². The number of para-hydroxylation sites is 1. The molecule has 3 aromatic carbocycles. The van der Waals surface area contributed by atoms with Gasteiger partial charge in [-0.05, 0) is 66.3 Å². The molecule has 0 N–H and O–H groups in total. The molecule has 6 nitrogen and oxygen atoms in total. The minimum Gasteiger partial charge on any atom is -0.269 e. The lowest BCUT2D eigenvalue weighted by atomic mass is 9.93. The van der Waals surface area contributed by atoms with Crippen LogP contribution in [0.25, 0.3) is 23.0 Å². The van der Waals surface area contributed by atoms with Crippen LogP contribution in [0.15, 0.2) is 107 Å². The Kier molecular flexibility index (Phi) is 7.76. The number of hydrogen-bond donors (Lipinski definition) is 0. The van der Waals surface area contributed by atoms with Crippen molar-refractivity contribution in [3.8, 4) is 23.0 Å². The van der Waals surface area contributed by atoms with Gasteiger partial charge in [0.1, 0.15) is 17.5 Å². The Morgan fingerprint density at radius 3 is 2.33 bits per heavy atom. The maximum Gasteiger partial charge on any atom is 0.271 e. The molecule has 1 aliphatic heterocycles. The van der Waals surface area contributed by atoms with Crippen molar-refractivity contribution in [2.45, 2.75) is 25.3 Å². The normalized spacial score (nSPS) is 14.7. The summed E-state index contributed by atoms with van der Waals surface area (Å²) in [6.45, 7) is 3.62. The molecule has 0 bridgehead atoms. The topological polar surface area (TPSA) is 79.0 Å². The molecule has 0 saturated heterocycles. The van der Waals surface area contributed by atoms with Gasteiger partial charge >= 0.3 is 0 Å². The highest BCUT2D eigenvalue weighted by molar-refractivity contribution is 7.99. The zero-order valence-electron chi connectivity index (χ0n) is 22.0. The number of aromatic nitrogens is 2. The third kappa shape index (κ3) is 5.37. The Hall–Kier alpha value is -4.74. The number of carbonyl (C=O) groups excluding carboxylic acids is 2. The molecule has 4 aromatic rings. The van der Waals surface area contributed by atoms with Gasteiger partial charge in [0.15, 0.2) is 0 Å². The first-order valence-electron chi connectivity index (χ1n) is 12.7. The van der Waals surface area contributed by atoms with Gasteiger partial charge in [0.05, 0.1) is 17.9 Å². The van der Waals surface area contributed by atoms with Crippen molar-refractivity contribution >= 4 is 29.7 Å². The van der Waals surface area contributed by atoms with Crippen molar-refractivity contribution in [2.75, 3.05) is 5.75 Å². The zero-order valence-corrected chi connectivity index (χ0v) is 22.8. The number of benzene rings is 3. The van der Waals surface area contributed by atoms with Crippen molar-refractivity contribution in [1.82, 2.24) is 14.7 Å². The van der Waals surface area contributed by atoms with Crippen LogP contribution in [0.4, 0.5) is 4.39 Å². The highest BCUT2D eigenvalue weighted by atomic mass is 32.2. The number of halogens is 1. The Morgan fingerprint density at radius 2 is 1.68 bits per heavy atom. The lowest BCUT2D eigenvalue weighted by Crippen LogP contribution is -2.42. The lowest BCUT2D eigenvalue weighted by molar-refractivity contribution is -0.141. The Bertz CT molecular complexity index is 1680. The van der Waals surface area contributed by atoms with Gasteiger partial charge in [-0.2, -0.15) is 10.4 Å². The molecule has 40 heavy (non-hydrogen) atoms. The largest absolute Gasteiger partial charge is 0.271 e. The number of thioether (sulfide) groups is 1. The fourth-order valence-corrected chi connectivity index (χ4v) is 5.17. The predicted octanol–water partition coefficient (Wildman–Crippen LogP) is 6.58. The lowest BCUT2D eigenvalue weighted by Gasteiger charge is -2.27. The maximum atomic E-state index is 13.7. The minimum absolute atomic E-state index is 0.0829. The van der Waals surface area contributed by atoms with E-state index in [1.807, 2.05) is 66.9 Å². The van der Waals surface area contributed by atoms with Crippen molar-refractivity contribution in [3.05, 3.63) is 119 Å². The fraction of sp³-hybridized carbons (Fsp3) is 0.125. The van der Waals surface area contributed by atoms with E-state index in [0.29, 0.717) is 22.4 Å². The molecule has 2 amide bonds. The molecular formula is C32H25FN4O2S. The average molecular weight is 549 g/mol. The first-order chi connectivity index (χ1) is 19.4. The number of hydrogen-bond acceptors (Lipinski definition) is 5. The number of nitriles is 1. The van der Waals surface area contributed by atoms with Gasteiger partial charge in [-0.15, -0.1) is 11.8 Å². The molecule has 1 aromatic heterocycles. The highest BCUT2D eigenvalue weighted by Gasteiger charge is 2.35. The van der Waals surface area contributed by atoms with E-state index >= 15 is 0 Å². The number of carbonyl (C=O) groups is 2. The molecule has 0 saturated carbocycles. The summed E-state index contributed by atoms with van der Waals surface area (Å²) < 4.78 is 15.2. The van der Waals surface area contributed by atoms with Crippen LogP contribution in [0, 0.1) is 17.1 Å². The summed E-state index contributed by atoms with van der Waals surface area (Å²) in [5.74, 6) is -0.658. The number of amides is 2. The summed E-state index contributed by atoms with van der Waals surface area (Å²) in [5.41, 5.74) is 4.03. The van der Waals surface area contributed by atoms with Crippen LogP contribution in [0.2, 0.25) is 0 Å². The molecule has 0 radical (unpaired) electrons. The fourth-order valence-electron chi connectivity index (χ4n) is 4.51. The van der Waals surface area contributed by atoms with E-state index in [0.717, 1.165) is 26.8 Å². The van der Waals surface area contributed by atoms with E-state index in [2.05, 4.69) is 6.92 Å². The van der Waals surface area contributed by atoms with E-state index in [9.17, 15) is 19.2 Å². The van der Waals surface area contributed by atoms with E-state index in [4.69, 9.17) is 5.10 Å². The molecule has 1 aliphatic rings. The second-order valence-corrected chi connectivity index (χ2v) is 10.5. The van der Waals surface area contributed by atoms with Crippen LogP contribution >= 0.6 is 11.8 Å². The third-order valence-electron chi connectivity index (χ3n) is 6.58. The van der Waals surface area contributed by atoms with Gasteiger partial charge in [-0.25, -0.2) is 9.07 Å². The Labute approximate surface area is 236 Å². The molecule has 0 fully saturated rings. The van der Waals surface area contributed by atoms with Crippen LogP contribution in [0.1, 0.15) is 25.0 Å². The monoisotopic (exact) mass is 548 g/mol. The summed E-state index contributed by atoms with van der Waals surface area (Å²) in [4.78, 5) is 29.0. The highest BCUT2D eigenvalue weighted by Crippen LogP contribution is 2.32. The van der Waals surface area contributed by atoms with Gasteiger partial charge < -0.3 is 0 Å². The SMILES string of the molecule is CCSc1ccc(-c2nn(-c3ccccc3)cc2/C=C2/C(=O)N(Cc3ccc(F)cc3)C(=O)C(C#N)=C2C)cc1. The average Bonchev–Trinajstić information content (AvgIpc) is 3.40. The van der Waals surface area contributed by atoms with Crippen molar-refractivity contribution in [1.29, 1.82) is 5.26 Å².